The molecule has 1 atom stereocenters. The van der Waals surface area contributed by atoms with Crippen LogP contribution in [0.15, 0.2) is 18.2 Å². The van der Waals surface area contributed by atoms with E-state index in [0.29, 0.717) is 5.92 Å². The van der Waals surface area contributed by atoms with Crippen molar-refractivity contribution in [3.63, 3.8) is 0 Å². The van der Waals surface area contributed by atoms with Gasteiger partial charge in [-0.3, -0.25) is 4.79 Å². The van der Waals surface area contributed by atoms with E-state index in [1.807, 2.05) is 33.8 Å². The lowest BCUT2D eigenvalue weighted by molar-refractivity contribution is -0.128. The molecule has 0 aliphatic heterocycles. The Balaban J connectivity index is 2.87. The molecule has 112 valence electrons. The Hall–Kier alpha value is -1.51. The minimum Gasteiger partial charge on any atom is -0.481 e. The van der Waals surface area contributed by atoms with Gasteiger partial charge in [-0.1, -0.05) is 26.0 Å². The van der Waals surface area contributed by atoms with E-state index in [-0.39, 0.29) is 11.4 Å². The van der Waals surface area contributed by atoms with Gasteiger partial charge in [0.15, 0.2) is 6.10 Å². The highest BCUT2D eigenvalue weighted by Crippen LogP contribution is 2.28. The quantitative estimate of drug-likeness (QED) is 0.909. The third kappa shape index (κ3) is 4.87. The summed E-state index contributed by atoms with van der Waals surface area (Å²) in [5, 5.41) is 2.94. The lowest BCUT2D eigenvalue weighted by Crippen LogP contribution is -2.46. The number of hydrogen-bond donors (Lipinski definition) is 1. The lowest BCUT2D eigenvalue weighted by atomic mass is 10.0. The Morgan fingerprint density at radius 3 is 2.30 bits per heavy atom. The summed E-state index contributed by atoms with van der Waals surface area (Å²) in [7, 11) is 0. The highest BCUT2D eigenvalue weighted by atomic mass is 16.5. The van der Waals surface area contributed by atoms with Gasteiger partial charge in [-0.25, -0.2) is 0 Å². The van der Waals surface area contributed by atoms with E-state index in [2.05, 4.69) is 31.3 Å². The zero-order valence-corrected chi connectivity index (χ0v) is 13.7. The van der Waals surface area contributed by atoms with Gasteiger partial charge in [-0.2, -0.15) is 0 Å². The second kappa shape index (κ2) is 6.29. The van der Waals surface area contributed by atoms with E-state index in [1.165, 1.54) is 0 Å². The smallest absolute Gasteiger partial charge is 0.261 e. The minimum absolute atomic E-state index is 0.0892. The summed E-state index contributed by atoms with van der Waals surface area (Å²) >= 11 is 0. The van der Waals surface area contributed by atoms with Crippen molar-refractivity contribution in [3.8, 4) is 5.75 Å². The zero-order valence-electron chi connectivity index (χ0n) is 13.7. The maximum Gasteiger partial charge on any atom is 0.261 e. The molecule has 1 amide bonds. The molecule has 0 aliphatic carbocycles. The third-order valence-corrected chi connectivity index (χ3v) is 2.96. The molecule has 20 heavy (non-hydrogen) atoms. The van der Waals surface area contributed by atoms with Crippen LogP contribution in [0.1, 0.15) is 58.6 Å². The maximum atomic E-state index is 12.1. The van der Waals surface area contributed by atoms with Crippen LogP contribution in [0.3, 0.4) is 0 Å². The van der Waals surface area contributed by atoms with E-state index in [0.717, 1.165) is 16.9 Å². The van der Waals surface area contributed by atoms with E-state index < -0.39 is 6.10 Å². The summed E-state index contributed by atoms with van der Waals surface area (Å²) in [6.45, 7) is 13.9. The molecule has 1 aromatic rings. The molecule has 0 spiro atoms. The van der Waals surface area contributed by atoms with Crippen molar-refractivity contribution in [1.29, 1.82) is 0 Å². The third-order valence-electron chi connectivity index (χ3n) is 2.96. The number of ether oxygens (including phenoxy) is 1. The van der Waals surface area contributed by atoms with Crippen LogP contribution in [-0.2, 0) is 4.79 Å². The molecular formula is C17H27NO2. The molecule has 1 N–H and O–H groups in total. The van der Waals surface area contributed by atoms with Crippen molar-refractivity contribution < 1.29 is 9.53 Å². The first kappa shape index (κ1) is 16.5. The molecule has 0 unspecified atom stereocenters. The summed E-state index contributed by atoms with van der Waals surface area (Å²) in [6.07, 6.45) is -0.506. The van der Waals surface area contributed by atoms with Gasteiger partial charge in [0.25, 0.3) is 5.91 Å². The molecule has 0 saturated heterocycles. The van der Waals surface area contributed by atoms with Crippen LogP contribution in [0, 0.1) is 6.92 Å². The van der Waals surface area contributed by atoms with Crippen LogP contribution < -0.4 is 10.1 Å². The molecule has 0 heterocycles. The lowest BCUT2D eigenvalue weighted by Gasteiger charge is -2.24. The van der Waals surface area contributed by atoms with Crippen LogP contribution in [-0.4, -0.2) is 17.6 Å². The van der Waals surface area contributed by atoms with E-state index >= 15 is 0 Å². The fourth-order valence-corrected chi connectivity index (χ4v) is 1.94. The Bertz CT molecular complexity index is 472. The number of benzene rings is 1. The van der Waals surface area contributed by atoms with Crippen LogP contribution >= 0.6 is 0 Å². The fourth-order valence-electron chi connectivity index (χ4n) is 1.94. The number of hydrogen-bond acceptors (Lipinski definition) is 2. The van der Waals surface area contributed by atoms with Crippen LogP contribution in [0.2, 0.25) is 0 Å². The standard InChI is InChI=1S/C17H27NO2/c1-11(2)14-9-8-12(3)10-15(14)20-13(4)16(19)18-17(5,6)7/h8-11,13H,1-7H3,(H,18,19)/t13-/m0/s1. The number of aryl methyl sites for hydroxylation is 1. The Morgan fingerprint density at radius 1 is 1.20 bits per heavy atom. The van der Waals surface area contributed by atoms with Gasteiger partial charge in [0, 0.05) is 5.54 Å². The predicted octanol–water partition coefficient (Wildman–Crippen LogP) is 3.80. The van der Waals surface area contributed by atoms with Gasteiger partial charge in [0.1, 0.15) is 5.75 Å². The second-order valence-corrected chi connectivity index (χ2v) is 6.70. The second-order valence-electron chi connectivity index (χ2n) is 6.70. The summed E-state index contributed by atoms with van der Waals surface area (Å²) in [6, 6.07) is 6.14. The molecule has 0 bridgehead atoms. The molecule has 0 saturated carbocycles. The molecule has 0 radical (unpaired) electrons. The maximum absolute atomic E-state index is 12.1. The normalized spacial score (nSPS) is 13.2. The van der Waals surface area contributed by atoms with Gasteiger partial charge in [0.05, 0.1) is 0 Å². The molecule has 1 aromatic carbocycles. The van der Waals surface area contributed by atoms with Crippen LogP contribution in [0.25, 0.3) is 0 Å². The highest BCUT2D eigenvalue weighted by Gasteiger charge is 2.21. The monoisotopic (exact) mass is 277 g/mol. The number of rotatable bonds is 4. The van der Waals surface area contributed by atoms with Crippen molar-refractivity contribution in [2.45, 2.75) is 66.0 Å². The first-order valence-corrected chi connectivity index (χ1v) is 7.19. The Labute approximate surface area is 122 Å². The average molecular weight is 277 g/mol. The number of carbonyl (C=O) groups is 1. The predicted molar refractivity (Wildman–Crippen MR) is 83.3 cm³/mol. The average Bonchev–Trinajstić information content (AvgIpc) is 2.26. The Kier molecular flexibility index (Phi) is 5.21. The van der Waals surface area contributed by atoms with E-state index in [4.69, 9.17) is 4.74 Å². The van der Waals surface area contributed by atoms with E-state index in [9.17, 15) is 4.79 Å². The summed E-state index contributed by atoms with van der Waals surface area (Å²) < 4.78 is 5.88. The fraction of sp³-hybridized carbons (Fsp3) is 0.588. The van der Waals surface area contributed by atoms with Crippen molar-refractivity contribution >= 4 is 5.91 Å². The number of nitrogens with one attached hydrogen (secondary N) is 1. The summed E-state index contributed by atoms with van der Waals surface area (Å²) in [5.74, 6) is 1.08. The molecule has 0 aromatic heterocycles. The molecule has 0 fully saturated rings. The van der Waals surface area contributed by atoms with Crippen LogP contribution in [0.5, 0.6) is 5.75 Å². The topological polar surface area (TPSA) is 38.3 Å². The molecule has 0 aliphatic rings. The largest absolute Gasteiger partial charge is 0.481 e. The van der Waals surface area contributed by atoms with Crippen molar-refractivity contribution in [2.24, 2.45) is 0 Å². The van der Waals surface area contributed by atoms with Crippen LogP contribution in [0.4, 0.5) is 0 Å². The Morgan fingerprint density at radius 2 is 1.80 bits per heavy atom. The number of amides is 1. The minimum atomic E-state index is -0.506. The van der Waals surface area contributed by atoms with E-state index in [1.54, 1.807) is 6.92 Å². The van der Waals surface area contributed by atoms with Gasteiger partial charge in [0.2, 0.25) is 0 Å². The molecular weight excluding hydrogens is 250 g/mol. The SMILES string of the molecule is Cc1ccc(C(C)C)c(O[C@@H](C)C(=O)NC(C)(C)C)c1. The van der Waals surface area contributed by atoms with Crippen molar-refractivity contribution in [3.05, 3.63) is 29.3 Å². The summed E-state index contributed by atoms with van der Waals surface area (Å²) in [4.78, 5) is 12.1. The van der Waals surface area contributed by atoms with Crippen molar-refractivity contribution in [2.75, 3.05) is 0 Å². The molecule has 3 heteroatoms. The van der Waals surface area contributed by atoms with Gasteiger partial charge < -0.3 is 10.1 Å². The zero-order chi connectivity index (χ0) is 15.5. The summed E-state index contributed by atoms with van der Waals surface area (Å²) in [5.41, 5.74) is 2.01. The van der Waals surface area contributed by atoms with Gasteiger partial charge in [-0.05, 0) is 57.7 Å². The highest BCUT2D eigenvalue weighted by molar-refractivity contribution is 5.81. The molecule has 3 nitrogen and oxygen atoms in total. The first-order valence-electron chi connectivity index (χ1n) is 7.19. The van der Waals surface area contributed by atoms with Crippen molar-refractivity contribution in [1.82, 2.24) is 5.32 Å². The first-order chi connectivity index (χ1) is 9.10. The van der Waals surface area contributed by atoms with Gasteiger partial charge in [-0.15, -0.1) is 0 Å². The molecule has 1 rings (SSSR count). The van der Waals surface area contributed by atoms with Gasteiger partial charge >= 0.3 is 0 Å². The number of carbonyl (C=O) groups excluding carboxylic acids is 1.